The Morgan fingerprint density at radius 1 is 1.35 bits per heavy atom. The highest BCUT2D eigenvalue weighted by atomic mass is 19.4. The average Bonchev–Trinajstić information content (AvgIpc) is 2.35. The van der Waals surface area contributed by atoms with Crippen LogP contribution in [0.4, 0.5) is 28.9 Å². The van der Waals surface area contributed by atoms with Gasteiger partial charge in [-0.25, -0.2) is 4.39 Å². The van der Waals surface area contributed by atoms with Crippen molar-refractivity contribution in [3.05, 3.63) is 30.2 Å². The van der Waals surface area contributed by atoms with Gasteiger partial charge in [0.05, 0.1) is 17.6 Å². The fourth-order valence-electron chi connectivity index (χ4n) is 1.99. The zero-order chi connectivity index (χ0) is 14.9. The van der Waals surface area contributed by atoms with Crippen molar-refractivity contribution in [2.75, 3.05) is 24.2 Å². The number of aromatic nitrogens is 1. The lowest BCUT2D eigenvalue weighted by Gasteiger charge is -2.22. The Bertz CT molecular complexity index is 625. The largest absolute Gasteiger partial charge is 0.398 e. The summed E-state index contributed by atoms with van der Waals surface area (Å²) in [5.74, 6) is -0.682. The number of fused-ring (bicyclic) bond motifs is 1. The standard InChI is InChI=1S/C13H13F4N3/c1-20(6-4-13(15,16)17)12-9(14)7-10(18)8-3-2-5-19-11(8)12/h2-3,5,7H,4,6,18H2,1H3. The second-order valence-electron chi connectivity index (χ2n) is 4.48. The quantitative estimate of drug-likeness (QED) is 0.695. The maximum absolute atomic E-state index is 14.0. The first-order valence-electron chi connectivity index (χ1n) is 5.90. The number of rotatable bonds is 3. The van der Waals surface area contributed by atoms with Crippen LogP contribution in [0.1, 0.15) is 6.42 Å². The minimum Gasteiger partial charge on any atom is -0.398 e. The molecule has 0 aliphatic heterocycles. The molecule has 0 saturated carbocycles. The molecule has 0 spiro atoms. The Morgan fingerprint density at radius 3 is 2.70 bits per heavy atom. The first-order chi connectivity index (χ1) is 9.29. The Balaban J connectivity index is 2.43. The van der Waals surface area contributed by atoms with Gasteiger partial charge in [0, 0.05) is 30.9 Å². The normalized spacial score (nSPS) is 11.8. The molecule has 0 aliphatic carbocycles. The van der Waals surface area contributed by atoms with Gasteiger partial charge >= 0.3 is 6.18 Å². The van der Waals surface area contributed by atoms with Crippen molar-refractivity contribution >= 4 is 22.3 Å². The number of pyridine rings is 1. The second-order valence-corrected chi connectivity index (χ2v) is 4.48. The summed E-state index contributed by atoms with van der Waals surface area (Å²) in [5.41, 5.74) is 6.18. The van der Waals surface area contributed by atoms with E-state index >= 15 is 0 Å². The van der Waals surface area contributed by atoms with Crippen LogP contribution in [0, 0.1) is 5.82 Å². The van der Waals surface area contributed by atoms with Gasteiger partial charge in [-0.05, 0) is 18.2 Å². The molecule has 2 N–H and O–H groups in total. The smallest absolute Gasteiger partial charge is 0.390 e. The zero-order valence-corrected chi connectivity index (χ0v) is 10.7. The number of benzene rings is 1. The molecular weight excluding hydrogens is 274 g/mol. The molecule has 0 bridgehead atoms. The Kier molecular flexibility index (Phi) is 3.69. The third-order valence-electron chi connectivity index (χ3n) is 2.96. The van der Waals surface area contributed by atoms with E-state index in [1.807, 2.05) is 0 Å². The lowest BCUT2D eigenvalue weighted by atomic mass is 10.1. The molecule has 108 valence electrons. The van der Waals surface area contributed by atoms with E-state index in [4.69, 9.17) is 5.73 Å². The van der Waals surface area contributed by atoms with Gasteiger partial charge in [-0.15, -0.1) is 0 Å². The molecule has 0 saturated heterocycles. The van der Waals surface area contributed by atoms with Crippen molar-refractivity contribution in [1.82, 2.24) is 4.98 Å². The van der Waals surface area contributed by atoms with Crippen LogP contribution >= 0.6 is 0 Å². The predicted molar refractivity (Wildman–Crippen MR) is 70.1 cm³/mol. The number of halogens is 4. The third-order valence-corrected chi connectivity index (χ3v) is 2.96. The van der Waals surface area contributed by atoms with Gasteiger partial charge in [0.25, 0.3) is 0 Å². The number of hydrogen-bond acceptors (Lipinski definition) is 3. The van der Waals surface area contributed by atoms with Gasteiger partial charge in [0.2, 0.25) is 0 Å². The van der Waals surface area contributed by atoms with Crippen LogP contribution in [0.2, 0.25) is 0 Å². The molecular formula is C13H13F4N3. The molecule has 1 aromatic heterocycles. The van der Waals surface area contributed by atoms with Crippen LogP contribution in [0.25, 0.3) is 10.9 Å². The third kappa shape index (κ3) is 2.92. The molecule has 0 atom stereocenters. The molecule has 0 aliphatic rings. The zero-order valence-electron chi connectivity index (χ0n) is 10.7. The number of nitrogens with zero attached hydrogens (tertiary/aromatic N) is 2. The minimum atomic E-state index is -4.29. The fourth-order valence-corrected chi connectivity index (χ4v) is 1.99. The molecule has 0 radical (unpaired) electrons. The maximum Gasteiger partial charge on any atom is 0.390 e. The number of nitrogens with two attached hydrogens (primary N) is 1. The van der Waals surface area contributed by atoms with E-state index in [-0.39, 0.29) is 23.4 Å². The molecule has 1 heterocycles. The van der Waals surface area contributed by atoms with Gasteiger partial charge in [0.1, 0.15) is 0 Å². The fraction of sp³-hybridized carbons (Fsp3) is 0.308. The van der Waals surface area contributed by atoms with Crippen molar-refractivity contribution in [3.63, 3.8) is 0 Å². The highest BCUT2D eigenvalue weighted by Gasteiger charge is 2.28. The SMILES string of the molecule is CN(CCC(F)(F)F)c1c(F)cc(N)c2cccnc12. The van der Waals surface area contributed by atoms with Crippen LogP contribution < -0.4 is 10.6 Å². The monoisotopic (exact) mass is 287 g/mol. The van der Waals surface area contributed by atoms with E-state index in [0.29, 0.717) is 5.39 Å². The summed E-state index contributed by atoms with van der Waals surface area (Å²) in [6, 6.07) is 4.39. The first kappa shape index (κ1) is 14.4. The second kappa shape index (κ2) is 5.15. The van der Waals surface area contributed by atoms with E-state index in [0.717, 1.165) is 6.07 Å². The summed E-state index contributed by atoms with van der Waals surface area (Å²) in [7, 11) is 1.40. The molecule has 20 heavy (non-hydrogen) atoms. The van der Waals surface area contributed by atoms with Crippen molar-refractivity contribution in [2.45, 2.75) is 12.6 Å². The molecule has 1 aromatic carbocycles. The molecule has 3 nitrogen and oxygen atoms in total. The maximum atomic E-state index is 14.0. The lowest BCUT2D eigenvalue weighted by molar-refractivity contribution is -0.132. The Hall–Kier alpha value is -2.05. The van der Waals surface area contributed by atoms with Crippen LogP contribution in [0.3, 0.4) is 0 Å². The van der Waals surface area contributed by atoms with Crippen molar-refractivity contribution in [2.24, 2.45) is 0 Å². The number of anilines is 2. The van der Waals surface area contributed by atoms with Gasteiger partial charge in [-0.2, -0.15) is 13.2 Å². The van der Waals surface area contributed by atoms with Crippen molar-refractivity contribution in [3.8, 4) is 0 Å². The number of nitrogen functional groups attached to an aromatic ring is 1. The van der Waals surface area contributed by atoms with Gasteiger partial charge in [0.15, 0.2) is 5.82 Å². The van der Waals surface area contributed by atoms with Crippen LogP contribution in [-0.2, 0) is 0 Å². The summed E-state index contributed by atoms with van der Waals surface area (Å²) in [6.07, 6.45) is -3.87. The summed E-state index contributed by atoms with van der Waals surface area (Å²) < 4.78 is 50.8. The molecule has 2 rings (SSSR count). The molecule has 7 heteroatoms. The first-order valence-corrected chi connectivity index (χ1v) is 5.90. The molecule has 0 fully saturated rings. The van der Waals surface area contributed by atoms with Gasteiger partial charge in [-0.3, -0.25) is 4.98 Å². The number of alkyl halides is 3. The van der Waals surface area contributed by atoms with E-state index in [9.17, 15) is 17.6 Å². The topological polar surface area (TPSA) is 42.1 Å². The summed E-state index contributed by atoms with van der Waals surface area (Å²) >= 11 is 0. The average molecular weight is 287 g/mol. The molecule has 0 unspecified atom stereocenters. The summed E-state index contributed by atoms with van der Waals surface area (Å²) in [6.45, 7) is -0.351. The van der Waals surface area contributed by atoms with Crippen LogP contribution in [0.5, 0.6) is 0 Å². The highest BCUT2D eigenvalue weighted by molar-refractivity contribution is 5.98. The summed E-state index contributed by atoms with van der Waals surface area (Å²) in [5, 5.41) is 0.516. The Morgan fingerprint density at radius 2 is 2.05 bits per heavy atom. The van der Waals surface area contributed by atoms with E-state index in [2.05, 4.69) is 4.98 Å². The van der Waals surface area contributed by atoms with E-state index < -0.39 is 18.4 Å². The minimum absolute atomic E-state index is 0.0269. The highest BCUT2D eigenvalue weighted by Crippen LogP contribution is 2.32. The van der Waals surface area contributed by atoms with E-state index in [1.54, 1.807) is 12.1 Å². The Labute approximate surface area is 113 Å². The lowest BCUT2D eigenvalue weighted by Crippen LogP contribution is -2.25. The van der Waals surface area contributed by atoms with Crippen LogP contribution in [0.15, 0.2) is 24.4 Å². The van der Waals surface area contributed by atoms with Gasteiger partial charge in [-0.1, -0.05) is 0 Å². The predicted octanol–water partition coefficient (Wildman–Crippen LogP) is 3.34. The van der Waals surface area contributed by atoms with Crippen LogP contribution in [-0.4, -0.2) is 24.8 Å². The summed E-state index contributed by atoms with van der Waals surface area (Å²) in [4.78, 5) is 5.23. The van der Waals surface area contributed by atoms with Crippen molar-refractivity contribution in [1.29, 1.82) is 0 Å². The van der Waals surface area contributed by atoms with Crippen molar-refractivity contribution < 1.29 is 17.6 Å². The van der Waals surface area contributed by atoms with E-state index in [1.165, 1.54) is 18.1 Å². The molecule has 2 aromatic rings. The molecule has 0 amide bonds. The van der Waals surface area contributed by atoms with Gasteiger partial charge < -0.3 is 10.6 Å². The number of hydrogen-bond donors (Lipinski definition) is 1.